The Balaban J connectivity index is 1.65. The molecule has 1 saturated heterocycles. The molecule has 0 atom stereocenters. The third-order valence-corrected chi connectivity index (χ3v) is 4.79. The molecule has 0 saturated carbocycles. The zero-order chi connectivity index (χ0) is 17.4. The van der Waals surface area contributed by atoms with Crippen molar-refractivity contribution >= 4 is 17.6 Å². The summed E-state index contributed by atoms with van der Waals surface area (Å²) in [5.74, 6) is 0.822. The molecule has 0 aromatic carbocycles. The quantitative estimate of drug-likeness (QED) is 0.920. The number of amides is 2. The molecule has 25 heavy (non-hydrogen) atoms. The topological polar surface area (TPSA) is 93.3 Å². The third-order valence-electron chi connectivity index (χ3n) is 4.79. The van der Waals surface area contributed by atoms with Crippen LogP contribution in [0.15, 0.2) is 10.6 Å². The Morgan fingerprint density at radius 2 is 1.92 bits per heavy atom. The van der Waals surface area contributed by atoms with E-state index in [1.165, 1.54) is 0 Å². The molecule has 1 fully saturated rings. The molecule has 132 valence electrons. The van der Waals surface area contributed by atoms with Crippen molar-refractivity contribution in [2.45, 2.75) is 45.6 Å². The minimum Gasteiger partial charge on any atom is -0.360 e. The van der Waals surface area contributed by atoms with Crippen molar-refractivity contribution in [3.63, 3.8) is 0 Å². The lowest BCUT2D eigenvalue weighted by molar-refractivity contribution is 0.0786. The largest absolute Gasteiger partial charge is 0.360 e. The zero-order valence-corrected chi connectivity index (χ0v) is 14.2. The molecule has 2 aliphatic rings. The van der Waals surface area contributed by atoms with Crippen LogP contribution in [0.3, 0.4) is 0 Å². The van der Waals surface area contributed by atoms with Crippen molar-refractivity contribution < 1.29 is 14.1 Å². The highest BCUT2D eigenvalue weighted by molar-refractivity contribution is 6.03. The van der Waals surface area contributed by atoms with Gasteiger partial charge in [-0.25, -0.2) is 4.98 Å². The summed E-state index contributed by atoms with van der Waals surface area (Å²) in [4.78, 5) is 31.7. The van der Waals surface area contributed by atoms with E-state index in [4.69, 9.17) is 4.52 Å². The van der Waals surface area contributed by atoms with Gasteiger partial charge in [-0.05, 0) is 39.0 Å². The van der Waals surface area contributed by atoms with Gasteiger partial charge in [0.05, 0.1) is 5.69 Å². The average molecular weight is 343 g/mol. The van der Waals surface area contributed by atoms with Crippen molar-refractivity contribution in [3.8, 4) is 0 Å². The molecule has 0 spiro atoms. The fourth-order valence-corrected chi connectivity index (χ4v) is 3.56. The maximum atomic E-state index is 12.8. The number of carbonyl (C=O) groups is 2. The summed E-state index contributed by atoms with van der Waals surface area (Å²) < 4.78 is 6.86. The Kier molecular flexibility index (Phi) is 4.03. The van der Waals surface area contributed by atoms with E-state index in [0.717, 1.165) is 50.9 Å². The number of hydrogen-bond acceptors (Lipinski definition) is 5. The number of anilines is 1. The molecule has 2 aromatic heterocycles. The summed E-state index contributed by atoms with van der Waals surface area (Å²) in [6, 6.07) is 1.65. The van der Waals surface area contributed by atoms with Gasteiger partial charge in [0, 0.05) is 25.7 Å². The second-order valence-corrected chi connectivity index (χ2v) is 6.62. The fraction of sp³-hybridized carbons (Fsp3) is 0.529. The minimum absolute atomic E-state index is 0.0560. The van der Waals surface area contributed by atoms with E-state index in [9.17, 15) is 9.59 Å². The highest BCUT2D eigenvalue weighted by Gasteiger charge is 2.31. The minimum atomic E-state index is -0.364. The summed E-state index contributed by atoms with van der Waals surface area (Å²) in [5, 5.41) is 6.48. The maximum absolute atomic E-state index is 12.8. The molecule has 0 unspecified atom stereocenters. The number of fused-ring (bicyclic) bond motifs is 1. The molecule has 2 amide bonds. The normalized spacial score (nSPS) is 16.8. The van der Waals surface area contributed by atoms with E-state index < -0.39 is 0 Å². The first-order chi connectivity index (χ1) is 12.1. The van der Waals surface area contributed by atoms with Crippen molar-refractivity contribution in [1.82, 2.24) is 19.6 Å². The number of nitrogens with one attached hydrogen (secondary N) is 1. The van der Waals surface area contributed by atoms with Crippen LogP contribution in [0.25, 0.3) is 0 Å². The van der Waals surface area contributed by atoms with Crippen LogP contribution in [0.2, 0.25) is 0 Å². The molecule has 0 bridgehead atoms. The van der Waals surface area contributed by atoms with Gasteiger partial charge in [0.1, 0.15) is 11.5 Å². The van der Waals surface area contributed by atoms with Crippen LogP contribution in [0.5, 0.6) is 0 Å². The first-order valence-corrected chi connectivity index (χ1v) is 8.77. The highest BCUT2D eigenvalue weighted by Crippen LogP contribution is 2.24. The number of rotatable bonds is 3. The molecular weight excluding hydrogens is 322 g/mol. The van der Waals surface area contributed by atoms with Gasteiger partial charge in [0.2, 0.25) is 0 Å². The molecule has 1 N–H and O–H groups in total. The van der Waals surface area contributed by atoms with Crippen LogP contribution in [0.1, 0.15) is 58.2 Å². The van der Waals surface area contributed by atoms with Crippen LogP contribution in [-0.4, -0.2) is 44.5 Å². The molecule has 4 rings (SSSR count). The monoisotopic (exact) mass is 343 g/mol. The van der Waals surface area contributed by atoms with Crippen LogP contribution in [0, 0.1) is 6.92 Å². The number of hydrogen-bond donors (Lipinski definition) is 1. The van der Waals surface area contributed by atoms with Crippen molar-refractivity contribution in [1.29, 1.82) is 0 Å². The van der Waals surface area contributed by atoms with Crippen molar-refractivity contribution in [2.75, 3.05) is 18.4 Å². The standard InChI is InChI=1S/C17H21N5O3/c1-11-10-13(20-25-11)18-16(23)15-19-14(12-6-2-3-9-22(12)15)17(24)21-7-4-5-8-21/h10H,2-9H2,1H3,(H,18,20,23). The van der Waals surface area contributed by atoms with Gasteiger partial charge >= 0.3 is 0 Å². The fourth-order valence-electron chi connectivity index (χ4n) is 3.56. The third kappa shape index (κ3) is 2.92. The summed E-state index contributed by atoms with van der Waals surface area (Å²) >= 11 is 0. The van der Waals surface area contributed by atoms with Gasteiger partial charge in [-0.2, -0.15) is 0 Å². The predicted octanol–water partition coefficient (Wildman–Crippen LogP) is 2.00. The summed E-state index contributed by atoms with van der Waals surface area (Å²) in [5.41, 5.74) is 1.31. The number of nitrogens with zero attached hydrogens (tertiary/aromatic N) is 4. The maximum Gasteiger partial charge on any atom is 0.292 e. The summed E-state index contributed by atoms with van der Waals surface area (Å²) in [7, 11) is 0. The van der Waals surface area contributed by atoms with E-state index in [1.807, 2.05) is 9.47 Å². The van der Waals surface area contributed by atoms with Gasteiger partial charge in [0.25, 0.3) is 11.8 Å². The number of carbonyl (C=O) groups excluding carboxylic acids is 2. The molecule has 8 nitrogen and oxygen atoms in total. The Bertz CT molecular complexity index is 816. The van der Waals surface area contributed by atoms with Gasteiger partial charge in [-0.1, -0.05) is 5.16 Å². The van der Waals surface area contributed by atoms with Crippen molar-refractivity contribution in [3.05, 3.63) is 29.0 Å². The SMILES string of the molecule is Cc1cc(NC(=O)c2nc(C(=O)N3CCCC3)c3n2CCCC3)no1. The zero-order valence-electron chi connectivity index (χ0n) is 14.2. The molecule has 0 aliphatic carbocycles. The Hall–Kier alpha value is -2.64. The van der Waals surface area contributed by atoms with Crippen LogP contribution < -0.4 is 5.32 Å². The molecule has 2 aliphatic heterocycles. The summed E-state index contributed by atoms with van der Waals surface area (Å²) in [6.07, 6.45) is 4.82. The van der Waals surface area contributed by atoms with Crippen molar-refractivity contribution in [2.24, 2.45) is 0 Å². The number of aromatic nitrogens is 3. The molecular formula is C17H21N5O3. The van der Waals surface area contributed by atoms with E-state index in [-0.39, 0.29) is 17.6 Å². The second kappa shape index (κ2) is 6.34. The van der Waals surface area contributed by atoms with Crippen LogP contribution in [0.4, 0.5) is 5.82 Å². The van der Waals surface area contributed by atoms with E-state index in [1.54, 1.807) is 13.0 Å². The van der Waals surface area contributed by atoms with Gasteiger partial charge in [-0.3, -0.25) is 9.59 Å². The van der Waals surface area contributed by atoms with Crippen LogP contribution in [-0.2, 0) is 13.0 Å². The summed E-state index contributed by atoms with van der Waals surface area (Å²) in [6.45, 7) is 4.00. The predicted molar refractivity (Wildman–Crippen MR) is 89.5 cm³/mol. The Morgan fingerprint density at radius 3 is 2.64 bits per heavy atom. The first-order valence-electron chi connectivity index (χ1n) is 8.77. The highest BCUT2D eigenvalue weighted by atomic mass is 16.5. The second-order valence-electron chi connectivity index (χ2n) is 6.62. The lowest BCUT2D eigenvalue weighted by Gasteiger charge is -2.18. The molecule has 2 aromatic rings. The average Bonchev–Trinajstić information content (AvgIpc) is 3.33. The number of imidazole rings is 1. The Labute approximate surface area is 145 Å². The van der Waals surface area contributed by atoms with E-state index in [0.29, 0.717) is 23.8 Å². The van der Waals surface area contributed by atoms with Gasteiger partial charge in [-0.15, -0.1) is 0 Å². The Morgan fingerprint density at radius 1 is 1.16 bits per heavy atom. The van der Waals surface area contributed by atoms with Gasteiger partial charge < -0.3 is 19.3 Å². The lowest BCUT2D eigenvalue weighted by Crippen LogP contribution is -2.29. The lowest BCUT2D eigenvalue weighted by atomic mass is 10.1. The first kappa shape index (κ1) is 15.9. The molecule has 4 heterocycles. The molecule has 8 heteroatoms. The van der Waals surface area contributed by atoms with E-state index in [2.05, 4.69) is 15.5 Å². The smallest absolute Gasteiger partial charge is 0.292 e. The number of aryl methyl sites for hydroxylation is 1. The van der Waals surface area contributed by atoms with Crippen LogP contribution >= 0.6 is 0 Å². The van der Waals surface area contributed by atoms with E-state index >= 15 is 0 Å². The molecule has 0 radical (unpaired) electrons. The van der Waals surface area contributed by atoms with Gasteiger partial charge in [0.15, 0.2) is 11.6 Å². The number of likely N-dealkylation sites (tertiary alicyclic amines) is 1.